The van der Waals surface area contributed by atoms with Crippen LogP contribution in [-0.4, -0.2) is 66.7 Å². The fourth-order valence-electron chi connectivity index (χ4n) is 4.32. The topological polar surface area (TPSA) is 83.1 Å². The Labute approximate surface area is 181 Å². The number of hydrogen-bond acceptors (Lipinski definition) is 6. The van der Waals surface area contributed by atoms with Crippen LogP contribution in [0.1, 0.15) is 24.8 Å². The third kappa shape index (κ3) is 4.37. The number of nitrogens with zero attached hydrogens (tertiary/aromatic N) is 2. The molecule has 162 valence electrons. The maximum absolute atomic E-state index is 13.2. The highest BCUT2D eigenvalue weighted by Gasteiger charge is 2.44. The van der Waals surface area contributed by atoms with Crippen LogP contribution in [0.25, 0.3) is 0 Å². The standard InChI is InChI=1S/C21H28N4O4S/c1-24(2)8-7-22-19(26)14-4-5-15-16(10-14)23-21(30)25(20(15)27)11-13-3-6-17-18(9-13)29-12-28-17/h3,6,9,14-16H,4-5,7-8,10-12H2,1-2H3,(H,22,26)(H,23,30). The van der Waals surface area contributed by atoms with Crippen LogP contribution in [0.3, 0.4) is 0 Å². The molecule has 30 heavy (non-hydrogen) atoms. The van der Waals surface area contributed by atoms with E-state index < -0.39 is 0 Å². The van der Waals surface area contributed by atoms with E-state index in [0.29, 0.717) is 49.0 Å². The number of fused-ring (bicyclic) bond motifs is 2. The van der Waals surface area contributed by atoms with Crippen LogP contribution in [0.5, 0.6) is 11.5 Å². The van der Waals surface area contributed by atoms with Gasteiger partial charge in [-0.15, -0.1) is 0 Å². The van der Waals surface area contributed by atoms with Gasteiger partial charge in [-0.2, -0.15) is 0 Å². The van der Waals surface area contributed by atoms with Crippen molar-refractivity contribution in [1.82, 2.24) is 20.4 Å². The van der Waals surface area contributed by atoms with E-state index in [9.17, 15) is 9.59 Å². The minimum Gasteiger partial charge on any atom is -0.454 e. The second-order valence-electron chi connectivity index (χ2n) is 8.38. The van der Waals surface area contributed by atoms with Crippen molar-refractivity contribution in [3.63, 3.8) is 0 Å². The van der Waals surface area contributed by atoms with Crippen molar-refractivity contribution in [1.29, 1.82) is 0 Å². The number of rotatable bonds is 6. The van der Waals surface area contributed by atoms with Gasteiger partial charge in [0.25, 0.3) is 0 Å². The number of thiocarbonyl (C=S) groups is 1. The number of nitrogens with one attached hydrogen (secondary N) is 2. The molecule has 0 radical (unpaired) electrons. The first-order valence-electron chi connectivity index (χ1n) is 10.3. The van der Waals surface area contributed by atoms with Crippen LogP contribution in [0.4, 0.5) is 0 Å². The summed E-state index contributed by atoms with van der Waals surface area (Å²) < 4.78 is 10.8. The maximum atomic E-state index is 13.2. The Kier molecular flexibility index (Phi) is 6.10. The van der Waals surface area contributed by atoms with Gasteiger partial charge in [-0.3, -0.25) is 14.5 Å². The first-order chi connectivity index (χ1) is 14.4. The molecule has 8 nitrogen and oxygen atoms in total. The molecule has 1 aromatic carbocycles. The van der Waals surface area contributed by atoms with Crippen LogP contribution in [-0.2, 0) is 16.1 Å². The molecule has 0 bridgehead atoms. The Hall–Kier alpha value is -2.39. The molecule has 1 aromatic rings. The summed E-state index contributed by atoms with van der Waals surface area (Å²) in [4.78, 5) is 29.3. The molecule has 3 unspecified atom stereocenters. The predicted molar refractivity (Wildman–Crippen MR) is 115 cm³/mol. The van der Waals surface area contributed by atoms with Gasteiger partial charge in [0.2, 0.25) is 18.6 Å². The van der Waals surface area contributed by atoms with Crippen LogP contribution >= 0.6 is 12.2 Å². The van der Waals surface area contributed by atoms with E-state index in [0.717, 1.165) is 12.1 Å². The molecule has 1 aliphatic carbocycles. The Bertz CT molecular complexity index is 846. The van der Waals surface area contributed by atoms with Gasteiger partial charge >= 0.3 is 0 Å². The summed E-state index contributed by atoms with van der Waals surface area (Å²) in [7, 11) is 3.95. The molecule has 2 aliphatic heterocycles. The fourth-order valence-corrected chi connectivity index (χ4v) is 4.63. The van der Waals surface area contributed by atoms with Crippen molar-refractivity contribution >= 4 is 29.1 Å². The Morgan fingerprint density at radius 1 is 1.30 bits per heavy atom. The van der Waals surface area contributed by atoms with Crippen LogP contribution in [0, 0.1) is 11.8 Å². The van der Waals surface area contributed by atoms with Gasteiger partial charge in [0.1, 0.15) is 0 Å². The summed E-state index contributed by atoms with van der Waals surface area (Å²) in [6, 6.07) is 5.58. The third-order valence-electron chi connectivity index (χ3n) is 5.99. The zero-order valence-electron chi connectivity index (χ0n) is 17.3. The maximum Gasteiger partial charge on any atom is 0.234 e. The normalized spacial score (nSPS) is 25.2. The van der Waals surface area contributed by atoms with Gasteiger partial charge in [0, 0.05) is 25.0 Å². The average Bonchev–Trinajstić information content (AvgIpc) is 3.18. The number of amides is 2. The number of hydrogen-bond donors (Lipinski definition) is 2. The summed E-state index contributed by atoms with van der Waals surface area (Å²) in [5, 5.41) is 6.75. The molecule has 0 aromatic heterocycles. The molecule has 4 rings (SSSR count). The molecule has 2 heterocycles. The van der Waals surface area contributed by atoms with E-state index in [1.807, 2.05) is 37.2 Å². The highest BCUT2D eigenvalue weighted by molar-refractivity contribution is 7.80. The largest absolute Gasteiger partial charge is 0.454 e. The van der Waals surface area contributed by atoms with E-state index in [2.05, 4.69) is 10.6 Å². The zero-order valence-corrected chi connectivity index (χ0v) is 18.2. The molecule has 9 heteroatoms. The predicted octanol–water partition coefficient (Wildman–Crippen LogP) is 1.09. The van der Waals surface area contributed by atoms with E-state index in [4.69, 9.17) is 21.7 Å². The van der Waals surface area contributed by atoms with Gasteiger partial charge in [0.05, 0.1) is 12.5 Å². The van der Waals surface area contributed by atoms with Crippen molar-refractivity contribution < 1.29 is 19.1 Å². The summed E-state index contributed by atoms with van der Waals surface area (Å²) in [6.07, 6.45) is 2.03. The lowest BCUT2D eigenvalue weighted by molar-refractivity contribution is -0.138. The van der Waals surface area contributed by atoms with Crippen LogP contribution in [0.15, 0.2) is 18.2 Å². The quantitative estimate of drug-likeness (QED) is 0.651. The van der Waals surface area contributed by atoms with E-state index >= 15 is 0 Å². The van der Waals surface area contributed by atoms with Crippen molar-refractivity contribution in [2.45, 2.75) is 31.8 Å². The minimum atomic E-state index is -0.156. The first-order valence-corrected chi connectivity index (χ1v) is 10.8. The first kappa shape index (κ1) is 20.9. The third-order valence-corrected chi connectivity index (χ3v) is 6.33. The van der Waals surface area contributed by atoms with E-state index in [-0.39, 0.29) is 36.5 Å². The zero-order chi connectivity index (χ0) is 21.3. The van der Waals surface area contributed by atoms with Gasteiger partial charge in [-0.1, -0.05) is 6.07 Å². The molecule has 3 atom stereocenters. The summed E-state index contributed by atoms with van der Waals surface area (Å²) >= 11 is 5.51. The molecule has 0 spiro atoms. The molecule has 1 saturated heterocycles. The summed E-state index contributed by atoms with van der Waals surface area (Å²) in [5.41, 5.74) is 0.934. The number of ether oxygens (including phenoxy) is 2. The van der Waals surface area contributed by atoms with Gasteiger partial charge in [-0.25, -0.2) is 0 Å². The van der Waals surface area contributed by atoms with Gasteiger partial charge in [0.15, 0.2) is 16.6 Å². The molecular weight excluding hydrogens is 404 g/mol. The lowest BCUT2D eigenvalue weighted by Crippen LogP contribution is -2.61. The number of carbonyl (C=O) groups is 2. The van der Waals surface area contributed by atoms with Crippen molar-refractivity contribution in [2.24, 2.45) is 11.8 Å². The van der Waals surface area contributed by atoms with E-state index in [1.165, 1.54) is 0 Å². The monoisotopic (exact) mass is 432 g/mol. The second-order valence-corrected chi connectivity index (χ2v) is 8.77. The smallest absolute Gasteiger partial charge is 0.234 e. The van der Waals surface area contributed by atoms with Crippen molar-refractivity contribution in [2.75, 3.05) is 34.0 Å². The molecule has 3 aliphatic rings. The Balaban J connectivity index is 1.36. The highest BCUT2D eigenvalue weighted by Crippen LogP contribution is 2.35. The Morgan fingerprint density at radius 2 is 2.10 bits per heavy atom. The average molecular weight is 433 g/mol. The van der Waals surface area contributed by atoms with Gasteiger partial charge in [-0.05, 0) is 63.3 Å². The highest BCUT2D eigenvalue weighted by atomic mass is 32.1. The lowest BCUT2D eigenvalue weighted by atomic mass is 9.76. The number of carbonyl (C=O) groups excluding carboxylic acids is 2. The van der Waals surface area contributed by atoms with Crippen LogP contribution < -0.4 is 20.1 Å². The molecule has 2 amide bonds. The summed E-state index contributed by atoms with van der Waals surface area (Å²) in [5.74, 6) is 1.26. The van der Waals surface area contributed by atoms with Crippen molar-refractivity contribution in [3.05, 3.63) is 23.8 Å². The molecule has 1 saturated carbocycles. The Morgan fingerprint density at radius 3 is 2.90 bits per heavy atom. The minimum absolute atomic E-state index is 0.0351. The number of benzene rings is 1. The SMILES string of the molecule is CN(C)CCNC(=O)C1CCC2C(=O)N(Cc3ccc4c(c3)OCO4)C(=S)NC2C1. The van der Waals surface area contributed by atoms with E-state index in [1.54, 1.807) is 4.90 Å². The summed E-state index contributed by atoms with van der Waals surface area (Å²) in [6.45, 7) is 2.04. The van der Waals surface area contributed by atoms with Crippen molar-refractivity contribution in [3.8, 4) is 11.5 Å². The van der Waals surface area contributed by atoms with Gasteiger partial charge < -0.3 is 25.0 Å². The lowest BCUT2D eigenvalue weighted by Gasteiger charge is -2.43. The molecule has 2 fully saturated rings. The number of likely N-dealkylation sites (N-methyl/N-ethyl adjacent to an activating group) is 1. The molecule has 2 N–H and O–H groups in total. The van der Waals surface area contributed by atoms with Crippen LogP contribution in [0.2, 0.25) is 0 Å². The molecular formula is C21H28N4O4S. The second kappa shape index (κ2) is 8.77. The fraction of sp³-hybridized carbons (Fsp3) is 0.571.